The van der Waals surface area contributed by atoms with Crippen LogP contribution in [0.3, 0.4) is 0 Å². The van der Waals surface area contributed by atoms with Crippen LogP contribution in [0.15, 0.2) is 18.2 Å². The number of phenolic OH excluding ortho intramolecular Hbond substituents is 1. The first-order chi connectivity index (χ1) is 9.66. The normalized spacial score (nSPS) is 21.9. The van der Waals surface area contributed by atoms with Crippen molar-refractivity contribution in [1.82, 2.24) is 10.2 Å². The Morgan fingerprint density at radius 1 is 1.40 bits per heavy atom. The molecular formula is C16H22N2O2. The highest BCUT2D eigenvalue weighted by Crippen LogP contribution is 2.30. The monoisotopic (exact) mass is 274 g/mol. The van der Waals surface area contributed by atoms with Crippen molar-refractivity contribution in [3.8, 4) is 5.75 Å². The van der Waals surface area contributed by atoms with Crippen LogP contribution in [0.2, 0.25) is 0 Å². The molecule has 1 heterocycles. The van der Waals surface area contributed by atoms with Gasteiger partial charge in [0.05, 0.1) is 0 Å². The van der Waals surface area contributed by atoms with E-state index in [0.717, 1.165) is 32.4 Å². The molecule has 4 nitrogen and oxygen atoms in total. The average Bonchev–Trinajstić information content (AvgIpc) is 3.15. The number of benzene rings is 1. The molecule has 1 unspecified atom stereocenters. The fraction of sp³-hybridized carbons (Fsp3) is 0.562. The molecule has 4 heteroatoms. The van der Waals surface area contributed by atoms with E-state index >= 15 is 0 Å². The summed E-state index contributed by atoms with van der Waals surface area (Å²) in [6.07, 6.45) is 4.56. The Bertz CT molecular complexity index is 505. The predicted molar refractivity (Wildman–Crippen MR) is 77.9 cm³/mol. The minimum atomic E-state index is 0.0644. The summed E-state index contributed by atoms with van der Waals surface area (Å²) in [7, 11) is 0. The number of phenols is 1. The molecule has 1 aromatic carbocycles. The van der Waals surface area contributed by atoms with Crippen molar-refractivity contribution in [2.24, 2.45) is 0 Å². The Kier molecular flexibility index (Phi) is 3.66. The molecule has 1 atom stereocenters. The van der Waals surface area contributed by atoms with E-state index < -0.39 is 0 Å². The maximum Gasteiger partial charge on any atom is 0.254 e. The second kappa shape index (κ2) is 5.44. The van der Waals surface area contributed by atoms with Crippen molar-refractivity contribution in [1.29, 1.82) is 0 Å². The number of hydrogen-bond acceptors (Lipinski definition) is 3. The van der Waals surface area contributed by atoms with E-state index in [9.17, 15) is 9.90 Å². The van der Waals surface area contributed by atoms with Gasteiger partial charge in [-0.15, -0.1) is 0 Å². The third kappa shape index (κ3) is 2.66. The highest BCUT2D eigenvalue weighted by molar-refractivity contribution is 5.96. The van der Waals surface area contributed by atoms with Crippen molar-refractivity contribution in [3.63, 3.8) is 0 Å². The highest BCUT2D eigenvalue weighted by atomic mass is 16.3. The summed E-state index contributed by atoms with van der Waals surface area (Å²) < 4.78 is 0. The molecule has 0 radical (unpaired) electrons. The Morgan fingerprint density at radius 3 is 2.85 bits per heavy atom. The lowest BCUT2D eigenvalue weighted by atomic mass is 10.1. The number of nitrogens with zero attached hydrogens (tertiary/aromatic N) is 1. The molecule has 0 aromatic heterocycles. The van der Waals surface area contributed by atoms with Crippen LogP contribution in [0, 0.1) is 6.92 Å². The van der Waals surface area contributed by atoms with Crippen LogP contribution in [0.4, 0.5) is 0 Å². The van der Waals surface area contributed by atoms with Crippen LogP contribution in [0.5, 0.6) is 5.75 Å². The lowest BCUT2D eigenvalue weighted by molar-refractivity contribution is 0.0727. The van der Waals surface area contributed by atoms with E-state index in [-0.39, 0.29) is 11.7 Å². The largest absolute Gasteiger partial charge is 0.508 e. The van der Waals surface area contributed by atoms with Gasteiger partial charge in [0.2, 0.25) is 0 Å². The summed E-state index contributed by atoms with van der Waals surface area (Å²) in [4.78, 5) is 14.8. The number of rotatable bonds is 4. The van der Waals surface area contributed by atoms with E-state index in [1.54, 1.807) is 12.1 Å². The van der Waals surface area contributed by atoms with Crippen molar-refractivity contribution in [2.45, 2.75) is 44.7 Å². The topological polar surface area (TPSA) is 52.6 Å². The van der Waals surface area contributed by atoms with Crippen molar-refractivity contribution in [3.05, 3.63) is 29.3 Å². The van der Waals surface area contributed by atoms with Crippen LogP contribution in [0.1, 0.15) is 41.6 Å². The summed E-state index contributed by atoms with van der Waals surface area (Å²) in [5.41, 5.74) is 1.32. The molecule has 20 heavy (non-hydrogen) atoms. The van der Waals surface area contributed by atoms with E-state index in [2.05, 4.69) is 5.32 Å². The predicted octanol–water partition coefficient (Wildman–Crippen LogP) is 2.06. The quantitative estimate of drug-likeness (QED) is 0.883. The molecular weight excluding hydrogens is 252 g/mol. The van der Waals surface area contributed by atoms with Crippen molar-refractivity contribution < 1.29 is 9.90 Å². The lowest BCUT2D eigenvalue weighted by Crippen LogP contribution is -2.42. The van der Waals surface area contributed by atoms with Gasteiger partial charge in [0.15, 0.2) is 0 Å². The Balaban J connectivity index is 1.79. The zero-order chi connectivity index (χ0) is 14.1. The Labute approximate surface area is 119 Å². The molecule has 1 aliphatic carbocycles. The van der Waals surface area contributed by atoms with E-state index in [0.29, 0.717) is 23.2 Å². The second-order valence-corrected chi connectivity index (χ2v) is 5.93. The van der Waals surface area contributed by atoms with E-state index in [1.807, 2.05) is 17.9 Å². The van der Waals surface area contributed by atoms with Gasteiger partial charge >= 0.3 is 0 Å². The molecule has 108 valence electrons. The number of nitrogens with one attached hydrogen (secondary N) is 1. The molecule has 2 fully saturated rings. The first kappa shape index (κ1) is 13.4. The maximum absolute atomic E-state index is 12.8. The molecule has 1 saturated heterocycles. The number of hydrogen-bond donors (Lipinski definition) is 2. The minimum absolute atomic E-state index is 0.0644. The zero-order valence-electron chi connectivity index (χ0n) is 11.9. The van der Waals surface area contributed by atoms with Gasteiger partial charge in [-0.05, 0) is 51.3 Å². The summed E-state index contributed by atoms with van der Waals surface area (Å²) >= 11 is 0. The van der Waals surface area contributed by atoms with Gasteiger partial charge < -0.3 is 15.3 Å². The van der Waals surface area contributed by atoms with Gasteiger partial charge in [0.25, 0.3) is 5.91 Å². The van der Waals surface area contributed by atoms with Gasteiger partial charge in [-0.2, -0.15) is 0 Å². The summed E-state index contributed by atoms with van der Waals surface area (Å²) in [6.45, 7) is 3.66. The molecule has 1 aromatic rings. The number of amides is 1. The smallest absolute Gasteiger partial charge is 0.254 e. The number of carbonyl (C=O) groups is 1. The second-order valence-electron chi connectivity index (χ2n) is 5.93. The molecule has 1 amide bonds. The van der Waals surface area contributed by atoms with Gasteiger partial charge in [-0.3, -0.25) is 4.79 Å². The first-order valence-electron chi connectivity index (χ1n) is 7.50. The Hall–Kier alpha value is -1.55. The van der Waals surface area contributed by atoms with Crippen LogP contribution in [-0.4, -0.2) is 41.1 Å². The molecule has 0 spiro atoms. The van der Waals surface area contributed by atoms with E-state index in [1.165, 1.54) is 6.42 Å². The summed E-state index contributed by atoms with van der Waals surface area (Å²) in [5.74, 6) is 0.264. The molecule has 1 saturated carbocycles. The lowest BCUT2D eigenvalue weighted by Gasteiger charge is -2.26. The van der Waals surface area contributed by atoms with Gasteiger partial charge in [-0.1, -0.05) is 6.07 Å². The van der Waals surface area contributed by atoms with Crippen LogP contribution in [-0.2, 0) is 0 Å². The first-order valence-corrected chi connectivity index (χ1v) is 7.50. The molecule has 0 bridgehead atoms. The molecule has 2 N–H and O–H groups in total. The van der Waals surface area contributed by atoms with Gasteiger partial charge in [-0.25, -0.2) is 0 Å². The molecule has 1 aliphatic heterocycles. The fourth-order valence-corrected chi connectivity index (χ4v) is 2.94. The minimum Gasteiger partial charge on any atom is -0.508 e. The SMILES string of the molecule is Cc1c(O)cccc1C(=O)N(CC1CCCN1)C1CC1. The maximum atomic E-state index is 12.8. The third-order valence-electron chi connectivity index (χ3n) is 4.36. The van der Waals surface area contributed by atoms with Crippen LogP contribution in [0.25, 0.3) is 0 Å². The summed E-state index contributed by atoms with van der Waals surface area (Å²) in [6, 6.07) is 6.01. The Morgan fingerprint density at radius 2 is 2.20 bits per heavy atom. The van der Waals surface area contributed by atoms with Crippen LogP contribution < -0.4 is 5.32 Å². The van der Waals surface area contributed by atoms with E-state index in [4.69, 9.17) is 0 Å². The fourth-order valence-electron chi connectivity index (χ4n) is 2.94. The number of aromatic hydroxyl groups is 1. The molecule has 3 rings (SSSR count). The molecule has 2 aliphatic rings. The standard InChI is InChI=1S/C16H22N2O2/c1-11-14(5-2-6-15(11)19)16(20)18(13-7-8-13)10-12-4-3-9-17-12/h2,5-6,12-13,17,19H,3-4,7-10H2,1H3. The van der Waals surface area contributed by atoms with Crippen molar-refractivity contribution in [2.75, 3.05) is 13.1 Å². The highest BCUT2D eigenvalue weighted by Gasteiger charge is 2.35. The van der Waals surface area contributed by atoms with Gasteiger partial charge in [0.1, 0.15) is 5.75 Å². The average molecular weight is 274 g/mol. The number of carbonyl (C=O) groups excluding carboxylic acids is 1. The van der Waals surface area contributed by atoms with Crippen molar-refractivity contribution >= 4 is 5.91 Å². The van der Waals surface area contributed by atoms with Gasteiger partial charge in [0, 0.05) is 29.8 Å². The summed E-state index contributed by atoms with van der Waals surface area (Å²) in [5, 5.41) is 13.2. The zero-order valence-corrected chi connectivity index (χ0v) is 11.9. The van der Waals surface area contributed by atoms with Crippen LogP contribution >= 0.6 is 0 Å². The third-order valence-corrected chi connectivity index (χ3v) is 4.36.